The lowest BCUT2D eigenvalue weighted by atomic mass is 10.1. The molecule has 0 aliphatic carbocycles. The van der Waals surface area contributed by atoms with Crippen LogP contribution in [0, 0.1) is 5.82 Å². The highest BCUT2D eigenvalue weighted by Crippen LogP contribution is 2.22. The van der Waals surface area contributed by atoms with Crippen LogP contribution in [0.3, 0.4) is 0 Å². The molecule has 144 valence electrons. The molecule has 2 aromatic rings. The summed E-state index contributed by atoms with van der Waals surface area (Å²) < 4.78 is 39.9. The summed E-state index contributed by atoms with van der Waals surface area (Å²) in [6.45, 7) is 1.09. The molecule has 27 heavy (non-hydrogen) atoms. The van der Waals surface area contributed by atoms with Crippen molar-refractivity contribution >= 4 is 27.6 Å². The number of aromatic nitrogens is 1. The lowest BCUT2D eigenvalue weighted by Crippen LogP contribution is -2.32. The third-order valence-corrected chi connectivity index (χ3v) is 7.26. The van der Waals surface area contributed by atoms with Crippen molar-refractivity contribution in [1.29, 1.82) is 0 Å². The molecule has 0 amide bonds. The van der Waals surface area contributed by atoms with Gasteiger partial charge in [0.2, 0.25) is 10.0 Å². The molecule has 1 aromatic heterocycles. The number of nitrogens with zero attached hydrogens (tertiary/aromatic N) is 2. The molecule has 1 aliphatic rings. The van der Waals surface area contributed by atoms with E-state index in [1.807, 2.05) is 0 Å². The number of carbonyl (C=O) groups excluding carboxylic acids is 1. The number of Topliss-reactive ketones (excluding diaryl/α,β-unsaturated/α-hetero) is 1. The van der Waals surface area contributed by atoms with Crippen molar-refractivity contribution in [2.24, 2.45) is 0 Å². The van der Waals surface area contributed by atoms with Crippen LogP contribution in [0.4, 0.5) is 4.39 Å². The minimum Gasteiger partial charge on any atom is -0.293 e. The molecule has 1 saturated heterocycles. The van der Waals surface area contributed by atoms with Crippen molar-refractivity contribution in [2.45, 2.75) is 35.6 Å². The monoisotopic (exact) mass is 408 g/mol. The third-order valence-electron chi connectivity index (χ3n) is 4.43. The van der Waals surface area contributed by atoms with E-state index in [4.69, 9.17) is 0 Å². The fourth-order valence-electron chi connectivity index (χ4n) is 2.89. The average molecular weight is 409 g/mol. The molecule has 8 heteroatoms. The highest BCUT2D eigenvalue weighted by molar-refractivity contribution is 7.99. The lowest BCUT2D eigenvalue weighted by Gasteiger charge is -2.19. The molecule has 0 bridgehead atoms. The topological polar surface area (TPSA) is 67.3 Å². The Bertz CT molecular complexity index is 876. The van der Waals surface area contributed by atoms with Crippen LogP contribution >= 0.6 is 11.8 Å². The predicted octanol–water partition coefficient (Wildman–Crippen LogP) is 3.76. The number of hydrogen-bond acceptors (Lipinski definition) is 5. The fraction of sp³-hybridized carbons (Fsp3) is 0.368. The lowest BCUT2D eigenvalue weighted by molar-refractivity contribution is 0.102. The van der Waals surface area contributed by atoms with Gasteiger partial charge in [0.05, 0.1) is 10.8 Å². The van der Waals surface area contributed by atoms with Gasteiger partial charge in [-0.1, -0.05) is 24.6 Å². The molecule has 0 spiro atoms. The van der Waals surface area contributed by atoms with Gasteiger partial charge in [-0.05, 0) is 49.2 Å². The van der Waals surface area contributed by atoms with Crippen LogP contribution in [-0.4, -0.2) is 42.3 Å². The average Bonchev–Trinajstić information content (AvgIpc) is 2.97. The Balaban J connectivity index is 1.62. The van der Waals surface area contributed by atoms with Crippen LogP contribution in [0.5, 0.6) is 0 Å². The van der Waals surface area contributed by atoms with Crippen LogP contribution in [0.25, 0.3) is 0 Å². The number of rotatable bonds is 6. The molecule has 0 N–H and O–H groups in total. The van der Waals surface area contributed by atoms with E-state index in [9.17, 15) is 17.6 Å². The number of carbonyl (C=O) groups is 1. The maximum absolute atomic E-state index is 12.9. The molecule has 0 saturated carbocycles. The smallest absolute Gasteiger partial charge is 0.244 e. The van der Waals surface area contributed by atoms with E-state index in [0.717, 1.165) is 25.7 Å². The highest BCUT2D eigenvalue weighted by atomic mass is 32.2. The maximum Gasteiger partial charge on any atom is 0.244 e. The SMILES string of the molecule is O=C(CSc1ccc(S(=O)(=O)N2CCCCCC2)cn1)c1ccc(F)cc1. The summed E-state index contributed by atoms with van der Waals surface area (Å²) >= 11 is 1.22. The zero-order chi connectivity index (χ0) is 19.3. The third kappa shape index (κ3) is 5.15. The Morgan fingerprint density at radius 2 is 1.70 bits per heavy atom. The van der Waals surface area contributed by atoms with Crippen molar-refractivity contribution in [3.63, 3.8) is 0 Å². The molecule has 0 unspecified atom stereocenters. The maximum atomic E-state index is 12.9. The standard InChI is InChI=1S/C19H21FN2O3S2/c20-16-7-5-15(6-8-16)18(23)14-26-19-10-9-17(13-21-19)27(24,25)22-11-3-1-2-4-12-22/h5-10,13H,1-4,11-12,14H2. The second-order valence-corrected chi connectivity index (χ2v) is 9.30. The minimum atomic E-state index is -3.52. The first kappa shape index (κ1) is 20.0. The molecular formula is C19H21FN2O3S2. The van der Waals surface area contributed by atoms with Gasteiger partial charge in [0, 0.05) is 24.8 Å². The van der Waals surface area contributed by atoms with Crippen LogP contribution in [0.15, 0.2) is 52.5 Å². The summed E-state index contributed by atoms with van der Waals surface area (Å²) in [6.07, 6.45) is 5.23. The van der Waals surface area contributed by atoms with E-state index in [1.54, 1.807) is 6.07 Å². The van der Waals surface area contributed by atoms with Gasteiger partial charge in [-0.3, -0.25) is 4.79 Å². The molecule has 3 rings (SSSR count). The number of thioether (sulfide) groups is 1. The van der Waals surface area contributed by atoms with Crippen molar-refractivity contribution in [1.82, 2.24) is 9.29 Å². The first-order valence-corrected chi connectivity index (χ1v) is 11.3. The quantitative estimate of drug-likeness (QED) is 0.538. The predicted molar refractivity (Wildman–Crippen MR) is 103 cm³/mol. The van der Waals surface area contributed by atoms with Crippen molar-refractivity contribution < 1.29 is 17.6 Å². The summed E-state index contributed by atoms with van der Waals surface area (Å²) in [5.41, 5.74) is 0.435. The van der Waals surface area contributed by atoms with Gasteiger partial charge in [0.25, 0.3) is 0 Å². The Morgan fingerprint density at radius 1 is 1.04 bits per heavy atom. The number of benzene rings is 1. The Hall–Kier alpha value is -1.77. The molecule has 1 aliphatic heterocycles. The minimum absolute atomic E-state index is 0.136. The van der Waals surface area contributed by atoms with Gasteiger partial charge < -0.3 is 0 Å². The number of hydrogen-bond donors (Lipinski definition) is 0. The van der Waals surface area contributed by atoms with Crippen molar-refractivity contribution in [2.75, 3.05) is 18.8 Å². The summed E-state index contributed by atoms with van der Waals surface area (Å²) in [6, 6.07) is 8.55. The number of ketones is 1. The summed E-state index contributed by atoms with van der Waals surface area (Å²) in [5, 5.41) is 0.570. The van der Waals surface area contributed by atoms with E-state index < -0.39 is 10.0 Å². The van der Waals surface area contributed by atoms with Gasteiger partial charge in [0.1, 0.15) is 10.7 Å². The Labute approximate surface area is 163 Å². The Morgan fingerprint density at radius 3 is 2.30 bits per heavy atom. The second-order valence-electron chi connectivity index (χ2n) is 6.37. The largest absolute Gasteiger partial charge is 0.293 e. The van der Waals surface area contributed by atoms with E-state index in [-0.39, 0.29) is 22.2 Å². The summed E-state index contributed by atoms with van der Waals surface area (Å²) in [7, 11) is -3.52. The molecule has 0 radical (unpaired) electrons. The van der Waals surface area contributed by atoms with E-state index >= 15 is 0 Å². The zero-order valence-corrected chi connectivity index (χ0v) is 16.4. The van der Waals surface area contributed by atoms with Gasteiger partial charge in [-0.2, -0.15) is 4.31 Å². The van der Waals surface area contributed by atoms with Gasteiger partial charge >= 0.3 is 0 Å². The molecule has 0 atom stereocenters. The number of pyridine rings is 1. The van der Waals surface area contributed by atoms with Crippen molar-refractivity contribution in [3.8, 4) is 0 Å². The molecule has 2 heterocycles. The van der Waals surface area contributed by atoms with E-state index in [1.165, 1.54) is 52.6 Å². The van der Waals surface area contributed by atoms with E-state index in [0.29, 0.717) is 23.7 Å². The summed E-state index contributed by atoms with van der Waals surface area (Å²) in [5.74, 6) is -0.373. The molecule has 1 fully saturated rings. The van der Waals surface area contributed by atoms with Crippen LogP contribution in [0.1, 0.15) is 36.0 Å². The van der Waals surface area contributed by atoms with Gasteiger partial charge in [-0.25, -0.2) is 17.8 Å². The highest BCUT2D eigenvalue weighted by Gasteiger charge is 2.25. The number of sulfonamides is 1. The van der Waals surface area contributed by atoms with Crippen molar-refractivity contribution in [3.05, 3.63) is 54.0 Å². The van der Waals surface area contributed by atoms with Crippen LogP contribution < -0.4 is 0 Å². The molecule has 1 aromatic carbocycles. The van der Waals surface area contributed by atoms with Gasteiger partial charge in [-0.15, -0.1) is 0 Å². The van der Waals surface area contributed by atoms with Gasteiger partial charge in [0.15, 0.2) is 5.78 Å². The van der Waals surface area contributed by atoms with Crippen LogP contribution in [-0.2, 0) is 10.0 Å². The molecular weight excluding hydrogens is 387 g/mol. The summed E-state index contributed by atoms with van der Waals surface area (Å²) in [4.78, 5) is 16.5. The molecule has 5 nitrogen and oxygen atoms in total. The normalized spacial score (nSPS) is 16.0. The first-order chi connectivity index (χ1) is 13.0. The van der Waals surface area contributed by atoms with Crippen LogP contribution in [0.2, 0.25) is 0 Å². The first-order valence-electron chi connectivity index (χ1n) is 8.84. The Kier molecular flexibility index (Phi) is 6.62. The van der Waals surface area contributed by atoms with E-state index in [2.05, 4.69) is 4.98 Å². The fourth-order valence-corrected chi connectivity index (χ4v) is 5.09. The zero-order valence-electron chi connectivity index (χ0n) is 14.8. The second kappa shape index (κ2) is 8.95. The number of halogens is 1.